The van der Waals surface area contributed by atoms with Crippen LogP contribution in [0.25, 0.3) is 0 Å². The van der Waals surface area contributed by atoms with E-state index in [1.165, 1.54) is 6.08 Å². The Morgan fingerprint density at radius 1 is 1.37 bits per heavy atom. The molecule has 0 unspecified atom stereocenters. The van der Waals surface area contributed by atoms with Gasteiger partial charge in [0.25, 0.3) is 0 Å². The molecule has 0 saturated carbocycles. The Hall–Kier alpha value is -0.920. The second kappa shape index (κ2) is 9.94. The Morgan fingerprint density at radius 2 is 1.79 bits per heavy atom. The Balaban J connectivity index is 0. The molecule has 0 aliphatic heterocycles. The molecule has 0 rings (SSSR count). The molecular weight excluding hydrogens is 268 g/mol. The van der Waals surface area contributed by atoms with Crippen molar-refractivity contribution in [2.24, 2.45) is 0 Å². The van der Waals surface area contributed by atoms with Crippen molar-refractivity contribution < 1.29 is 22.2 Å². The minimum atomic E-state index is -3.92. The number of hydrogen-bond acceptors (Lipinski definition) is 4. The molecule has 0 aromatic heterocycles. The van der Waals surface area contributed by atoms with Gasteiger partial charge in [0, 0.05) is 19.2 Å². The number of nitrogens with one attached hydrogen (secondary N) is 1. The number of hydrogen-bond donors (Lipinski definition) is 1. The van der Waals surface area contributed by atoms with Crippen LogP contribution >= 0.6 is 0 Å². The molecule has 0 aliphatic carbocycles. The molecule has 7 heteroatoms. The zero-order chi connectivity index (χ0) is 15.5. The van der Waals surface area contributed by atoms with E-state index in [2.05, 4.69) is 32.8 Å². The van der Waals surface area contributed by atoms with Gasteiger partial charge in [0.05, 0.1) is 36.8 Å². The molecule has 19 heavy (non-hydrogen) atoms. The van der Waals surface area contributed by atoms with Crippen LogP contribution in [0.4, 0.5) is 0 Å². The third-order valence-corrected chi connectivity index (χ3v) is 2.89. The van der Waals surface area contributed by atoms with Crippen molar-refractivity contribution in [1.82, 2.24) is 5.32 Å². The van der Waals surface area contributed by atoms with Crippen molar-refractivity contribution in [3.8, 4) is 0 Å². The summed E-state index contributed by atoms with van der Waals surface area (Å²) in [6, 6.07) is 0. The number of rotatable bonds is 7. The van der Waals surface area contributed by atoms with Gasteiger partial charge in [-0.1, -0.05) is 6.58 Å². The van der Waals surface area contributed by atoms with Crippen LogP contribution in [0.2, 0.25) is 0 Å². The van der Waals surface area contributed by atoms with Gasteiger partial charge in [-0.2, -0.15) is 0 Å². The van der Waals surface area contributed by atoms with Gasteiger partial charge in [0.15, 0.2) is 0 Å². The largest absolute Gasteiger partial charge is 0.748 e. The standard InChI is InChI=1S/C11H22N2O.CH4O3S/c1-5-11(14)12-9-8-10-13(4,6-2)7-3;1-5(2,3)4/h5H,1,6-10H2,2-4H3;1H3,(H,2,3,4). The summed E-state index contributed by atoms with van der Waals surface area (Å²) in [5.74, 6) is -0.0767. The average molecular weight is 294 g/mol. The van der Waals surface area contributed by atoms with E-state index in [0.29, 0.717) is 6.26 Å². The normalized spacial score (nSPS) is 11.2. The second-order valence-electron chi connectivity index (χ2n) is 4.53. The fourth-order valence-electron chi connectivity index (χ4n) is 1.28. The summed E-state index contributed by atoms with van der Waals surface area (Å²) in [6.45, 7) is 12.0. The van der Waals surface area contributed by atoms with Crippen LogP contribution in [-0.2, 0) is 14.9 Å². The van der Waals surface area contributed by atoms with Crippen LogP contribution in [0.5, 0.6) is 0 Å². The van der Waals surface area contributed by atoms with Crippen molar-refractivity contribution in [2.75, 3.05) is 39.5 Å². The van der Waals surface area contributed by atoms with Gasteiger partial charge in [0.2, 0.25) is 5.91 Å². The summed E-state index contributed by atoms with van der Waals surface area (Å²) in [5, 5.41) is 2.79. The summed E-state index contributed by atoms with van der Waals surface area (Å²) in [6.07, 6.45) is 2.94. The van der Waals surface area contributed by atoms with Crippen LogP contribution < -0.4 is 5.32 Å². The number of amides is 1. The first kappa shape index (κ1) is 20.4. The maximum atomic E-state index is 10.8. The Kier molecular flexibility index (Phi) is 10.7. The molecule has 0 radical (unpaired) electrons. The van der Waals surface area contributed by atoms with Gasteiger partial charge in [-0.25, -0.2) is 8.42 Å². The van der Waals surface area contributed by atoms with Crippen LogP contribution in [0, 0.1) is 0 Å². The Labute approximate surface area is 116 Å². The lowest BCUT2D eigenvalue weighted by Crippen LogP contribution is -2.45. The average Bonchev–Trinajstić information content (AvgIpc) is 2.32. The molecule has 0 bridgehead atoms. The van der Waals surface area contributed by atoms with Crippen molar-refractivity contribution >= 4 is 16.0 Å². The smallest absolute Gasteiger partial charge is 0.243 e. The van der Waals surface area contributed by atoms with E-state index in [1.807, 2.05) is 0 Å². The lowest BCUT2D eigenvalue weighted by Gasteiger charge is -2.32. The highest BCUT2D eigenvalue weighted by molar-refractivity contribution is 7.84. The molecule has 0 heterocycles. The topological polar surface area (TPSA) is 86.3 Å². The molecule has 0 saturated heterocycles. The highest BCUT2D eigenvalue weighted by Gasteiger charge is 2.14. The molecule has 0 aromatic carbocycles. The first-order valence-corrected chi connectivity index (χ1v) is 8.04. The molecule has 6 nitrogen and oxygen atoms in total. The van der Waals surface area contributed by atoms with Crippen molar-refractivity contribution in [3.63, 3.8) is 0 Å². The third-order valence-electron chi connectivity index (χ3n) is 2.89. The van der Waals surface area contributed by atoms with Crippen LogP contribution in [0.3, 0.4) is 0 Å². The van der Waals surface area contributed by atoms with Crippen LogP contribution in [0.1, 0.15) is 20.3 Å². The molecule has 114 valence electrons. The lowest BCUT2D eigenvalue weighted by molar-refractivity contribution is -0.906. The first-order chi connectivity index (χ1) is 8.58. The molecule has 1 amide bonds. The van der Waals surface area contributed by atoms with Gasteiger partial charge >= 0.3 is 0 Å². The van der Waals surface area contributed by atoms with E-state index < -0.39 is 10.1 Å². The molecule has 0 atom stereocenters. The molecule has 0 aromatic rings. The Morgan fingerprint density at radius 3 is 2.11 bits per heavy atom. The van der Waals surface area contributed by atoms with Crippen molar-refractivity contribution in [3.05, 3.63) is 12.7 Å². The summed E-state index contributed by atoms with van der Waals surface area (Å²) < 4.78 is 28.3. The fraction of sp³-hybridized carbons (Fsp3) is 0.750. The maximum absolute atomic E-state index is 10.8. The van der Waals surface area contributed by atoms with E-state index in [-0.39, 0.29) is 5.91 Å². The molecule has 0 spiro atoms. The SMILES string of the molecule is C=CC(=O)NCCC[N+](C)(CC)CC.CS(=O)(=O)[O-]. The number of quaternary nitrogens is 1. The van der Waals surface area contributed by atoms with E-state index in [0.717, 1.165) is 37.1 Å². The third kappa shape index (κ3) is 17.1. The minimum Gasteiger partial charge on any atom is -0.748 e. The van der Waals surface area contributed by atoms with Crippen LogP contribution in [-0.4, -0.2) is 62.8 Å². The molecule has 1 N–H and O–H groups in total. The van der Waals surface area contributed by atoms with E-state index in [4.69, 9.17) is 13.0 Å². The number of nitrogens with zero attached hydrogens (tertiary/aromatic N) is 1. The summed E-state index contributed by atoms with van der Waals surface area (Å²) in [7, 11) is -1.67. The zero-order valence-electron chi connectivity index (χ0n) is 12.3. The van der Waals surface area contributed by atoms with E-state index >= 15 is 0 Å². The molecular formula is C12H26N2O4S. The highest BCUT2D eigenvalue weighted by Crippen LogP contribution is 2.01. The van der Waals surface area contributed by atoms with E-state index in [1.54, 1.807) is 0 Å². The molecule has 0 aliphatic rings. The Bertz CT molecular complexity index is 354. The summed E-state index contributed by atoms with van der Waals surface area (Å²) >= 11 is 0. The summed E-state index contributed by atoms with van der Waals surface area (Å²) in [4.78, 5) is 10.8. The van der Waals surface area contributed by atoms with Gasteiger partial charge in [-0.05, 0) is 19.9 Å². The van der Waals surface area contributed by atoms with Crippen molar-refractivity contribution in [1.29, 1.82) is 0 Å². The van der Waals surface area contributed by atoms with Gasteiger partial charge in [-0.3, -0.25) is 4.79 Å². The van der Waals surface area contributed by atoms with Gasteiger partial charge in [0.1, 0.15) is 0 Å². The first-order valence-electron chi connectivity index (χ1n) is 6.22. The predicted octanol–water partition coefficient (Wildman–Crippen LogP) is 0.327. The molecule has 0 fully saturated rings. The minimum absolute atomic E-state index is 0.0767. The number of carbonyl (C=O) groups excluding carboxylic acids is 1. The number of carbonyl (C=O) groups is 1. The van der Waals surface area contributed by atoms with Crippen LogP contribution in [0.15, 0.2) is 12.7 Å². The monoisotopic (exact) mass is 294 g/mol. The van der Waals surface area contributed by atoms with E-state index in [9.17, 15) is 4.79 Å². The maximum Gasteiger partial charge on any atom is 0.243 e. The lowest BCUT2D eigenvalue weighted by atomic mass is 10.3. The van der Waals surface area contributed by atoms with Gasteiger partial charge < -0.3 is 14.4 Å². The zero-order valence-corrected chi connectivity index (χ0v) is 13.1. The van der Waals surface area contributed by atoms with Gasteiger partial charge in [-0.15, -0.1) is 0 Å². The summed E-state index contributed by atoms with van der Waals surface area (Å²) in [5.41, 5.74) is 0. The second-order valence-corrected chi connectivity index (χ2v) is 5.94. The fourth-order valence-corrected chi connectivity index (χ4v) is 1.28. The highest BCUT2D eigenvalue weighted by atomic mass is 32.2. The quantitative estimate of drug-likeness (QED) is 0.317. The van der Waals surface area contributed by atoms with Crippen molar-refractivity contribution in [2.45, 2.75) is 20.3 Å². The predicted molar refractivity (Wildman–Crippen MR) is 75.6 cm³/mol.